The highest BCUT2D eigenvalue weighted by Crippen LogP contribution is 2.14. The average Bonchev–Trinajstić information content (AvgIpc) is 3.22. The van der Waals surface area contributed by atoms with Crippen molar-refractivity contribution in [2.75, 3.05) is 31.5 Å². The quantitative estimate of drug-likeness (QED) is 0.888. The maximum Gasteiger partial charge on any atom is 0.243 e. The molecular formula is C18H23N3O3. The molecule has 1 aromatic carbocycles. The third-order valence-electron chi connectivity index (χ3n) is 4.56. The minimum Gasteiger partial charge on any atom is -0.342 e. The zero-order valence-electron chi connectivity index (χ0n) is 13.8. The van der Waals surface area contributed by atoms with Crippen LogP contribution in [-0.4, -0.2) is 53.7 Å². The van der Waals surface area contributed by atoms with Gasteiger partial charge in [-0.25, -0.2) is 0 Å². The Balaban J connectivity index is 1.49. The predicted molar refractivity (Wildman–Crippen MR) is 90.4 cm³/mol. The number of hydrogen-bond donors (Lipinski definition) is 1. The molecule has 6 nitrogen and oxygen atoms in total. The molecule has 2 aliphatic heterocycles. The number of rotatable bonds is 5. The fraction of sp³-hybridized carbons (Fsp3) is 0.500. The summed E-state index contributed by atoms with van der Waals surface area (Å²) in [7, 11) is 0. The fourth-order valence-electron chi connectivity index (χ4n) is 3.20. The summed E-state index contributed by atoms with van der Waals surface area (Å²) in [6, 6.07) is 7.34. The van der Waals surface area contributed by atoms with Crippen molar-refractivity contribution in [3.05, 3.63) is 29.8 Å². The summed E-state index contributed by atoms with van der Waals surface area (Å²) < 4.78 is 0. The first-order valence-corrected chi connectivity index (χ1v) is 8.56. The summed E-state index contributed by atoms with van der Waals surface area (Å²) in [5.74, 6) is 0.0175. The van der Waals surface area contributed by atoms with Gasteiger partial charge in [0.15, 0.2) is 0 Å². The highest BCUT2D eigenvalue weighted by atomic mass is 16.2. The van der Waals surface area contributed by atoms with Crippen molar-refractivity contribution in [1.82, 2.24) is 9.80 Å². The van der Waals surface area contributed by atoms with E-state index < -0.39 is 0 Å². The number of nitrogens with zero attached hydrogens (tertiary/aromatic N) is 2. The lowest BCUT2D eigenvalue weighted by Gasteiger charge is -2.16. The highest BCUT2D eigenvalue weighted by molar-refractivity contribution is 5.94. The normalized spacial score (nSPS) is 17.4. The predicted octanol–water partition coefficient (Wildman–Crippen LogP) is 1.41. The molecule has 0 spiro atoms. The SMILES string of the molecule is O=C(CN1CCCC1=O)Nc1ccc(CC(=O)N2CCCC2)cc1. The smallest absolute Gasteiger partial charge is 0.243 e. The van der Waals surface area contributed by atoms with Crippen LogP contribution in [0.1, 0.15) is 31.2 Å². The van der Waals surface area contributed by atoms with Gasteiger partial charge in [-0.05, 0) is 37.0 Å². The van der Waals surface area contributed by atoms with Gasteiger partial charge in [0, 0.05) is 31.7 Å². The van der Waals surface area contributed by atoms with Crippen LogP contribution >= 0.6 is 0 Å². The van der Waals surface area contributed by atoms with Crippen LogP contribution in [0.5, 0.6) is 0 Å². The van der Waals surface area contributed by atoms with Crippen molar-refractivity contribution >= 4 is 23.4 Å². The highest BCUT2D eigenvalue weighted by Gasteiger charge is 2.22. The Labute approximate surface area is 141 Å². The topological polar surface area (TPSA) is 69.7 Å². The molecule has 0 unspecified atom stereocenters. The second-order valence-corrected chi connectivity index (χ2v) is 6.43. The number of benzene rings is 1. The van der Waals surface area contributed by atoms with Crippen LogP contribution in [0.4, 0.5) is 5.69 Å². The van der Waals surface area contributed by atoms with Gasteiger partial charge < -0.3 is 15.1 Å². The van der Waals surface area contributed by atoms with Crippen LogP contribution < -0.4 is 5.32 Å². The second-order valence-electron chi connectivity index (χ2n) is 6.43. The van der Waals surface area contributed by atoms with Crippen LogP contribution in [0.2, 0.25) is 0 Å². The average molecular weight is 329 g/mol. The molecule has 1 N–H and O–H groups in total. The molecule has 2 fully saturated rings. The first kappa shape index (κ1) is 16.5. The molecule has 0 bridgehead atoms. The van der Waals surface area contributed by atoms with Crippen LogP contribution in [0.15, 0.2) is 24.3 Å². The van der Waals surface area contributed by atoms with E-state index in [9.17, 15) is 14.4 Å². The van der Waals surface area contributed by atoms with Crippen LogP contribution in [0.25, 0.3) is 0 Å². The minimum atomic E-state index is -0.189. The van der Waals surface area contributed by atoms with Crippen molar-refractivity contribution in [3.63, 3.8) is 0 Å². The maximum atomic E-state index is 12.1. The van der Waals surface area contributed by atoms with Gasteiger partial charge in [0.1, 0.15) is 0 Å². The molecule has 128 valence electrons. The molecule has 0 radical (unpaired) electrons. The van der Waals surface area contributed by atoms with Gasteiger partial charge in [0.2, 0.25) is 17.7 Å². The summed E-state index contributed by atoms with van der Waals surface area (Å²) in [4.78, 5) is 39.1. The fourth-order valence-corrected chi connectivity index (χ4v) is 3.20. The van der Waals surface area contributed by atoms with Gasteiger partial charge in [-0.2, -0.15) is 0 Å². The van der Waals surface area contributed by atoms with Gasteiger partial charge in [-0.3, -0.25) is 14.4 Å². The lowest BCUT2D eigenvalue weighted by molar-refractivity contribution is -0.131. The van der Waals surface area contributed by atoms with E-state index in [-0.39, 0.29) is 24.3 Å². The zero-order valence-corrected chi connectivity index (χ0v) is 13.8. The first-order valence-electron chi connectivity index (χ1n) is 8.56. The number of carbonyl (C=O) groups excluding carboxylic acids is 3. The Morgan fingerprint density at radius 1 is 1.00 bits per heavy atom. The Morgan fingerprint density at radius 3 is 2.33 bits per heavy atom. The van der Waals surface area contributed by atoms with E-state index in [4.69, 9.17) is 0 Å². The zero-order chi connectivity index (χ0) is 16.9. The lowest BCUT2D eigenvalue weighted by Crippen LogP contribution is -2.33. The van der Waals surface area contributed by atoms with Crippen molar-refractivity contribution in [2.45, 2.75) is 32.1 Å². The summed E-state index contributed by atoms with van der Waals surface area (Å²) in [5, 5.41) is 2.80. The minimum absolute atomic E-state index is 0.0425. The van der Waals surface area contributed by atoms with Crippen LogP contribution in [-0.2, 0) is 20.8 Å². The third kappa shape index (κ3) is 4.13. The second kappa shape index (κ2) is 7.47. The molecule has 1 aromatic rings. The molecule has 0 aliphatic carbocycles. The third-order valence-corrected chi connectivity index (χ3v) is 4.56. The molecule has 0 aromatic heterocycles. The maximum absolute atomic E-state index is 12.1. The number of amides is 3. The van der Waals surface area contributed by atoms with Crippen molar-refractivity contribution in [3.8, 4) is 0 Å². The van der Waals surface area contributed by atoms with Crippen molar-refractivity contribution < 1.29 is 14.4 Å². The van der Waals surface area contributed by atoms with E-state index in [1.807, 2.05) is 17.0 Å². The number of carbonyl (C=O) groups is 3. The van der Waals surface area contributed by atoms with Crippen molar-refractivity contribution in [2.24, 2.45) is 0 Å². The van der Waals surface area contributed by atoms with E-state index in [1.54, 1.807) is 17.0 Å². The van der Waals surface area contributed by atoms with E-state index >= 15 is 0 Å². The molecular weight excluding hydrogens is 306 g/mol. The molecule has 0 saturated carbocycles. The van der Waals surface area contributed by atoms with Gasteiger partial charge in [0.25, 0.3) is 0 Å². The van der Waals surface area contributed by atoms with E-state index in [0.29, 0.717) is 25.1 Å². The summed E-state index contributed by atoms with van der Waals surface area (Å²) in [6.07, 6.45) is 3.95. The summed E-state index contributed by atoms with van der Waals surface area (Å²) in [5.41, 5.74) is 1.63. The van der Waals surface area contributed by atoms with Gasteiger partial charge in [0.05, 0.1) is 13.0 Å². The standard InChI is InChI=1S/C18H23N3O3/c22-16(13-21-11-3-4-17(21)23)19-15-7-5-14(6-8-15)12-18(24)20-9-1-2-10-20/h5-8H,1-4,9-13H2,(H,19,22). The lowest BCUT2D eigenvalue weighted by atomic mass is 10.1. The van der Waals surface area contributed by atoms with E-state index in [0.717, 1.165) is 37.9 Å². The number of hydrogen-bond acceptors (Lipinski definition) is 3. The summed E-state index contributed by atoms with van der Waals surface area (Å²) >= 11 is 0. The van der Waals surface area contributed by atoms with E-state index in [2.05, 4.69) is 5.32 Å². The molecule has 6 heteroatoms. The Bertz CT molecular complexity index is 621. The Morgan fingerprint density at radius 2 is 1.71 bits per heavy atom. The molecule has 2 heterocycles. The molecule has 2 aliphatic rings. The monoisotopic (exact) mass is 329 g/mol. The van der Waals surface area contributed by atoms with E-state index in [1.165, 1.54) is 0 Å². The number of nitrogens with one attached hydrogen (secondary N) is 1. The van der Waals surface area contributed by atoms with Gasteiger partial charge in [-0.1, -0.05) is 12.1 Å². The largest absolute Gasteiger partial charge is 0.342 e. The molecule has 0 atom stereocenters. The van der Waals surface area contributed by atoms with Gasteiger partial charge in [-0.15, -0.1) is 0 Å². The molecule has 3 rings (SSSR count). The summed E-state index contributed by atoms with van der Waals surface area (Å²) in [6.45, 7) is 2.49. The van der Waals surface area contributed by atoms with Crippen molar-refractivity contribution in [1.29, 1.82) is 0 Å². The first-order chi connectivity index (χ1) is 11.6. The van der Waals surface area contributed by atoms with Crippen LogP contribution in [0, 0.1) is 0 Å². The number of likely N-dealkylation sites (tertiary alicyclic amines) is 2. The van der Waals surface area contributed by atoms with Gasteiger partial charge >= 0.3 is 0 Å². The number of anilines is 1. The Hall–Kier alpha value is -2.37. The molecule has 24 heavy (non-hydrogen) atoms. The molecule has 3 amide bonds. The Kier molecular flexibility index (Phi) is 5.13. The molecule has 2 saturated heterocycles. The van der Waals surface area contributed by atoms with Crippen LogP contribution in [0.3, 0.4) is 0 Å².